The summed E-state index contributed by atoms with van der Waals surface area (Å²) >= 11 is 5.62. The first-order valence-electron chi connectivity index (χ1n) is 6.95. The lowest BCUT2D eigenvalue weighted by molar-refractivity contribution is 0.213. The van der Waals surface area contributed by atoms with E-state index in [1.165, 1.54) is 18.5 Å². The first-order valence-corrected chi connectivity index (χ1v) is 7.32. The van der Waals surface area contributed by atoms with Gasteiger partial charge in [0.25, 0.3) is 0 Å². The molecule has 3 N–H and O–H groups in total. The van der Waals surface area contributed by atoms with Gasteiger partial charge in [0, 0.05) is 6.04 Å². The number of halogens is 2. The van der Waals surface area contributed by atoms with Crippen molar-refractivity contribution < 1.29 is 14.3 Å². The number of nitrogens with zero attached hydrogens (tertiary/aromatic N) is 3. The van der Waals surface area contributed by atoms with Crippen LogP contribution in [0.15, 0.2) is 30.9 Å². The molecular weight excluding hydrogens is 325 g/mol. The van der Waals surface area contributed by atoms with Crippen LogP contribution >= 0.6 is 11.6 Å². The third kappa shape index (κ3) is 4.90. The van der Waals surface area contributed by atoms with Crippen LogP contribution in [-0.2, 0) is 6.54 Å². The van der Waals surface area contributed by atoms with Crippen LogP contribution < -0.4 is 10.6 Å². The molecule has 0 saturated heterocycles. The van der Waals surface area contributed by atoms with Gasteiger partial charge in [0.15, 0.2) is 0 Å². The summed E-state index contributed by atoms with van der Waals surface area (Å²) in [4.78, 5) is 15.8. The number of urea groups is 1. The van der Waals surface area contributed by atoms with Gasteiger partial charge in [-0.3, -0.25) is 4.68 Å². The van der Waals surface area contributed by atoms with Crippen molar-refractivity contribution in [3.05, 3.63) is 47.3 Å². The van der Waals surface area contributed by atoms with E-state index < -0.39 is 17.9 Å². The van der Waals surface area contributed by atoms with Crippen molar-refractivity contribution in [2.24, 2.45) is 0 Å². The van der Waals surface area contributed by atoms with Crippen LogP contribution in [-0.4, -0.2) is 38.6 Å². The van der Waals surface area contributed by atoms with E-state index in [1.54, 1.807) is 24.0 Å². The molecule has 1 aromatic carbocycles. The van der Waals surface area contributed by atoms with Crippen molar-refractivity contribution in [3.8, 4) is 0 Å². The van der Waals surface area contributed by atoms with Crippen LogP contribution in [0.4, 0.5) is 9.18 Å². The second-order valence-electron chi connectivity index (χ2n) is 5.05. The number of amides is 2. The van der Waals surface area contributed by atoms with Crippen molar-refractivity contribution in [2.45, 2.75) is 25.6 Å². The average molecular weight is 342 g/mol. The van der Waals surface area contributed by atoms with Gasteiger partial charge in [-0.2, -0.15) is 5.10 Å². The summed E-state index contributed by atoms with van der Waals surface area (Å²) < 4.78 is 15.1. The van der Waals surface area contributed by atoms with Crippen molar-refractivity contribution in [2.75, 3.05) is 6.61 Å². The SMILES string of the molecule is CC(Cn1cncn1)NC(=O)NC(CO)c1ccc(Cl)c(F)c1. The first kappa shape index (κ1) is 17.2. The molecule has 23 heavy (non-hydrogen) atoms. The number of carbonyl (C=O) groups excluding carboxylic acids is 1. The first-order chi connectivity index (χ1) is 11.0. The molecule has 0 spiro atoms. The molecule has 0 fully saturated rings. The number of carbonyl (C=O) groups is 1. The molecule has 0 saturated carbocycles. The van der Waals surface area contributed by atoms with E-state index in [1.807, 2.05) is 0 Å². The second kappa shape index (κ2) is 7.89. The summed E-state index contributed by atoms with van der Waals surface area (Å²) in [6.45, 7) is 1.88. The van der Waals surface area contributed by atoms with Crippen molar-refractivity contribution >= 4 is 17.6 Å². The van der Waals surface area contributed by atoms with E-state index in [0.717, 1.165) is 0 Å². The zero-order chi connectivity index (χ0) is 16.8. The highest BCUT2D eigenvalue weighted by atomic mass is 35.5. The van der Waals surface area contributed by atoms with Gasteiger partial charge in [-0.05, 0) is 24.6 Å². The summed E-state index contributed by atoms with van der Waals surface area (Å²) in [5.74, 6) is -0.607. The number of hydrogen-bond acceptors (Lipinski definition) is 4. The lowest BCUT2D eigenvalue weighted by Gasteiger charge is -2.20. The fourth-order valence-electron chi connectivity index (χ4n) is 2.04. The fraction of sp³-hybridized carbons (Fsp3) is 0.357. The minimum atomic E-state index is -0.736. The molecule has 0 aliphatic rings. The zero-order valence-electron chi connectivity index (χ0n) is 12.4. The second-order valence-corrected chi connectivity index (χ2v) is 5.45. The molecule has 1 heterocycles. The van der Waals surface area contributed by atoms with Crippen molar-refractivity contribution in [1.82, 2.24) is 25.4 Å². The van der Waals surface area contributed by atoms with Crippen LogP contribution in [0.1, 0.15) is 18.5 Å². The highest BCUT2D eigenvalue weighted by Gasteiger charge is 2.16. The van der Waals surface area contributed by atoms with Crippen LogP contribution in [0.3, 0.4) is 0 Å². The predicted molar refractivity (Wildman–Crippen MR) is 82.4 cm³/mol. The highest BCUT2D eigenvalue weighted by Crippen LogP contribution is 2.20. The number of hydrogen-bond donors (Lipinski definition) is 3. The van der Waals surface area contributed by atoms with E-state index in [2.05, 4.69) is 20.7 Å². The summed E-state index contributed by atoms with van der Waals surface area (Å²) in [6.07, 6.45) is 2.95. The van der Waals surface area contributed by atoms with E-state index in [0.29, 0.717) is 12.1 Å². The Morgan fingerprint density at radius 3 is 2.87 bits per heavy atom. The molecule has 1 aromatic heterocycles. The lowest BCUT2D eigenvalue weighted by Crippen LogP contribution is -2.44. The van der Waals surface area contributed by atoms with Crippen LogP contribution in [0.25, 0.3) is 0 Å². The monoisotopic (exact) mass is 341 g/mol. The Kier molecular flexibility index (Phi) is 5.89. The van der Waals surface area contributed by atoms with Gasteiger partial charge in [-0.25, -0.2) is 14.2 Å². The minimum Gasteiger partial charge on any atom is -0.394 e. The zero-order valence-corrected chi connectivity index (χ0v) is 13.2. The average Bonchev–Trinajstić information content (AvgIpc) is 3.00. The number of rotatable bonds is 6. The largest absolute Gasteiger partial charge is 0.394 e. The molecule has 7 nitrogen and oxygen atoms in total. The van der Waals surface area contributed by atoms with Crippen molar-refractivity contribution in [3.63, 3.8) is 0 Å². The molecule has 2 atom stereocenters. The van der Waals surface area contributed by atoms with E-state index in [4.69, 9.17) is 11.6 Å². The Hall–Kier alpha value is -2.19. The molecule has 0 bridgehead atoms. The minimum absolute atomic E-state index is 0.0173. The summed E-state index contributed by atoms with van der Waals surface area (Å²) in [6, 6.07) is 2.68. The molecule has 2 rings (SSSR count). The van der Waals surface area contributed by atoms with Crippen molar-refractivity contribution in [1.29, 1.82) is 0 Å². The molecule has 9 heteroatoms. The van der Waals surface area contributed by atoms with Gasteiger partial charge in [0.1, 0.15) is 18.5 Å². The number of nitrogens with one attached hydrogen (secondary N) is 2. The van der Waals surface area contributed by atoms with Gasteiger partial charge >= 0.3 is 6.03 Å². The molecular formula is C14H17ClFN5O2. The topological polar surface area (TPSA) is 92.1 Å². The number of benzene rings is 1. The van der Waals surface area contributed by atoms with Gasteiger partial charge < -0.3 is 15.7 Å². The van der Waals surface area contributed by atoms with Gasteiger partial charge in [-0.1, -0.05) is 17.7 Å². The van der Waals surface area contributed by atoms with E-state index >= 15 is 0 Å². The Morgan fingerprint density at radius 2 is 2.26 bits per heavy atom. The molecule has 0 radical (unpaired) electrons. The maximum Gasteiger partial charge on any atom is 0.315 e. The molecule has 0 aliphatic heterocycles. The highest BCUT2D eigenvalue weighted by molar-refractivity contribution is 6.30. The number of aromatic nitrogens is 3. The molecule has 124 valence electrons. The van der Waals surface area contributed by atoms with Gasteiger partial charge in [0.05, 0.1) is 24.2 Å². The predicted octanol–water partition coefficient (Wildman–Crippen LogP) is 1.49. The summed E-state index contributed by atoms with van der Waals surface area (Å²) in [5.41, 5.74) is 0.425. The maximum absolute atomic E-state index is 13.5. The van der Waals surface area contributed by atoms with E-state index in [9.17, 15) is 14.3 Å². The van der Waals surface area contributed by atoms with Gasteiger partial charge in [0.2, 0.25) is 0 Å². The molecule has 2 amide bonds. The van der Waals surface area contributed by atoms with Gasteiger partial charge in [-0.15, -0.1) is 0 Å². The lowest BCUT2D eigenvalue weighted by atomic mass is 10.1. The quantitative estimate of drug-likeness (QED) is 0.742. The number of aliphatic hydroxyl groups excluding tert-OH is 1. The van der Waals surface area contributed by atoms with Crippen LogP contribution in [0.2, 0.25) is 5.02 Å². The third-order valence-corrected chi connectivity index (χ3v) is 3.45. The third-order valence-electron chi connectivity index (χ3n) is 3.14. The Labute approximate surface area is 137 Å². The van der Waals surface area contributed by atoms with Crippen LogP contribution in [0.5, 0.6) is 0 Å². The fourth-order valence-corrected chi connectivity index (χ4v) is 2.16. The Morgan fingerprint density at radius 1 is 1.48 bits per heavy atom. The summed E-state index contributed by atoms with van der Waals surface area (Å²) in [7, 11) is 0. The molecule has 2 unspecified atom stereocenters. The smallest absolute Gasteiger partial charge is 0.315 e. The summed E-state index contributed by atoms with van der Waals surface area (Å²) in [5, 5.41) is 18.6. The maximum atomic E-state index is 13.5. The normalized spacial score (nSPS) is 13.4. The standard InChI is InChI=1S/C14H17ClFN5O2/c1-9(5-21-8-17-7-18-21)19-14(23)20-13(6-22)10-2-3-11(15)12(16)4-10/h2-4,7-9,13,22H,5-6H2,1H3,(H2,19,20,23). The Balaban J connectivity index is 1.92. The van der Waals surface area contributed by atoms with E-state index in [-0.39, 0.29) is 17.7 Å². The molecule has 0 aliphatic carbocycles. The van der Waals surface area contributed by atoms with Crippen LogP contribution in [0, 0.1) is 5.82 Å². The number of aliphatic hydroxyl groups is 1. The Bertz CT molecular complexity index is 653. The molecule has 2 aromatic rings.